The van der Waals surface area contributed by atoms with Crippen molar-refractivity contribution < 1.29 is 4.79 Å². The van der Waals surface area contributed by atoms with E-state index in [2.05, 4.69) is 9.97 Å². The Morgan fingerprint density at radius 2 is 2.04 bits per heavy atom. The molecule has 1 saturated heterocycles. The fourth-order valence-electron chi connectivity index (χ4n) is 3.35. The van der Waals surface area contributed by atoms with E-state index in [9.17, 15) is 4.79 Å². The molecule has 0 radical (unpaired) electrons. The molecule has 0 saturated carbocycles. The van der Waals surface area contributed by atoms with Crippen LogP contribution in [0, 0.1) is 12.3 Å². The largest absolute Gasteiger partial charge is 0.342 e. The zero-order valence-corrected chi connectivity index (χ0v) is 15.8. The summed E-state index contributed by atoms with van der Waals surface area (Å²) in [6.45, 7) is 9.42. The second kappa shape index (κ2) is 6.58. The van der Waals surface area contributed by atoms with Gasteiger partial charge in [0.2, 0.25) is 5.91 Å². The van der Waals surface area contributed by atoms with E-state index >= 15 is 0 Å². The molecule has 1 aliphatic heterocycles. The summed E-state index contributed by atoms with van der Waals surface area (Å²) in [6, 6.07) is 1.97. The van der Waals surface area contributed by atoms with Gasteiger partial charge in [-0.15, -0.1) is 0 Å². The Bertz CT molecular complexity index is 774. The van der Waals surface area contributed by atoms with Gasteiger partial charge in [-0.05, 0) is 25.8 Å². The van der Waals surface area contributed by atoms with Crippen molar-refractivity contribution in [1.82, 2.24) is 24.4 Å². The van der Waals surface area contributed by atoms with Gasteiger partial charge in [0, 0.05) is 49.6 Å². The molecule has 6 nitrogen and oxygen atoms in total. The van der Waals surface area contributed by atoms with Gasteiger partial charge in [-0.2, -0.15) is 0 Å². The van der Waals surface area contributed by atoms with Crippen LogP contribution in [0.5, 0.6) is 0 Å². The highest BCUT2D eigenvalue weighted by Gasteiger charge is 2.32. The highest BCUT2D eigenvalue weighted by atomic mass is 16.2. The standard InChI is InChI=1S/C19H27N5O/c1-13-11-15(17-20-8-10-23(17)5)22-16(21-13)14-7-6-9-24(12-14)18(25)19(2,3)4/h8,10-11,14H,6-7,9,12H2,1-5H3. The minimum absolute atomic E-state index is 0.180. The predicted octanol–water partition coefficient (Wildman–Crippen LogP) is 2.94. The van der Waals surface area contributed by atoms with Crippen molar-refractivity contribution in [3.8, 4) is 11.5 Å². The molecule has 1 atom stereocenters. The number of carbonyl (C=O) groups excluding carboxylic acids is 1. The summed E-state index contributed by atoms with van der Waals surface area (Å²) in [5, 5.41) is 0. The maximum Gasteiger partial charge on any atom is 0.227 e. The highest BCUT2D eigenvalue weighted by molar-refractivity contribution is 5.81. The molecule has 1 aliphatic rings. The summed E-state index contributed by atoms with van der Waals surface area (Å²) in [5.74, 6) is 2.04. The first-order valence-corrected chi connectivity index (χ1v) is 8.88. The summed E-state index contributed by atoms with van der Waals surface area (Å²) >= 11 is 0. The molecule has 2 aromatic heterocycles. The zero-order chi connectivity index (χ0) is 18.2. The Morgan fingerprint density at radius 1 is 1.28 bits per heavy atom. The second-order valence-electron chi connectivity index (χ2n) is 7.95. The van der Waals surface area contributed by atoms with Gasteiger partial charge in [0.05, 0.1) is 0 Å². The molecule has 1 fully saturated rings. The number of piperidine rings is 1. The fraction of sp³-hybridized carbons (Fsp3) is 0.579. The Kier molecular flexibility index (Phi) is 4.62. The van der Waals surface area contributed by atoms with Gasteiger partial charge in [0.15, 0.2) is 5.82 Å². The zero-order valence-electron chi connectivity index (χ0n) is 15.8. The van der Waals surface area contributed by atoms with Crippen LogP contribution in [0.1, 0.15) is 51.0 Å². The van der Waals surface area contributed by atoms with E-state index in [0.717, 1.165) is 42.4 Å². The minimum atomic E-state index is -0.354. The molecule has 3 heterocycles. The normalized spacial score (nSPS) is 18.4. The lowest BCUT2D eigenvalue weighted by atomic mass is 9.91. The van der Waals surface area contributed by atoms with E-state index in [1.807, 2.05) is 56.5 Å². The van der Waals surface area contributed by atoms with Crippen LogP contribution in [0.3, 0.4) is 0 Å². The van der Waals surface area contributed by atoms with Crippen molar-refractivity contribution in [3.63, 3.8) is 0 Å². The van der Waals surface area contributed by atoms with Crippen LogP contribution in [-0.2, 0) is 11.8 Å². The molecule has 2 aromatic rings. The summed E-state index contributed by atoms with van der Waals surface area (Å²) in [6.07, 6.45) is 5.69. The molecule has 6 heteroatoms. The lowest BCUT2D eigenvalue weighted by Crippen LogP contribution is -2.44. The number of likely N-dealkylation sites (tertiary alicyclic amines) is 1. The number of aromatic nitrogens is 4. The van der Waals surface area contributed by atoms with Gasteiger partial charge in [-0.1, -0.05) is 20.8 Å². The van der Waals surface area contributed by atoms with Crippen molar-refractivity contribution in [1.29, 1.82) is 0 Å². The van der Waals surface area contributed by atoms with Crippen LogP contribution in [0.4, 0.5) is 0 Å². The maximum absolute atomic E-state index is 12.6. The van der Waals surface area contributed by atoms with Crippen LogP contribution >= 0.6 is 0 Å². The van der Waals surface area contributed by atoms with Crippen molar-refractivity contribution in [3.05, 3.63) is 30.0 Å². The Labute approximate surface area is 149 Å². The van der Waals surface area contributed by atoms with Gasteiger partial charge in [-0.25, -0.2) is 15.0 Å². The first kappa shape index (κ1) is 17.6. The smallest absolute Gasteiger partial charge is 0.227 e. The first-order valence-electron chi connectivity index (χ1n) is 8.88. The fourth-order valence-corrected chi connectivity index (χ4v) is 3.35. The van der Waals surface area contributed by atoms with Crippen LogP contribution in [0.15, 0.2) is 18.5 Å². The second-order valence-corrected chi connectivity index (χ2v) is 7.95. The van der Waals surface area contributed by atoms with Crippen LogP contribution in [0.2, 0.25) is 0 Å². The third-order valence-electron chi connectivity index (χ3n) is 4.64. The van der Waals surface area contributed by atoms with E-state index in [0.29, 0.717) is 6.54 Å². The van der Waals surface area contributed by atoms with Crippen molar-refractivity contribution in [2.24, 2.45) is 12.5 Å². The Hall–Kier alpha value is -2.24. The monoisotopic (exact) mass is 341 g/mol. The minimum Gasteiger partial charge on any atom is -0.342 e. The van der Waals surface area contributed by atoms with E-state index < -0.39 is 0 Å². The third kappa shape index (κ3) is 3.72. The quantitative estimate of drug-likeness (QED) is 0.842. The van der Waals surface area contributed by atoms with E-state index in [1.165, 1.54) is 0 Å². The van der Waals surface area contributed by atoms with Crippen LogP contribution < -0.4 is 0 Å². The van der Waals surface area contributed by atoms with Crippen molar-refractivity contribution in [2.75, 3.05) is 13.1 Å². The molecule has 0 aromatic carbocycles. The number of hydrogen-bond donors (Lipinski definition) is 0. The molecule has 0 N–H and O–H groups in total. The molecule has 0 spiro atoms. The lowest BCUT2D eigenvalue weighted by Gasteiger charge is -2.36. The van der Waals surface area contributed by atoms with E-state index in [-0.39, 0.29) is 17.2 Å². The van der Waals surface area contributed by atoms with Gasteiger partial charge in [0.25, 0.3) is 0 Å². The number of imidazole rings is 1. The van der Waals surface area contributed by atoms with Crippen molar-refractivity contribution in [2.45, 2.75) is 46.5 Å². The molecule has 1 amide bonds. The molecule has 134 valence electrons. The number of carbonyl (C=O) groups is 1. The maximum atomic E-state index is 12.6. The first-order chi connectivity index (χ1) is 11.8. The van der Waals surface area contributed by atoms with E-state index in [1.54, 1.807) is 6.20 Å². The number of amides is 1. The molecular formula is C19H27N5O. The average molecular weight is 341 g/mol. The average Bonchev–Trinajstić information content (AvgIpc) is 2.99. The predicted molar refractivity (Wildman–Crippen MR) is 97.0 cm³/mol. The topological polar surface area (TPSA) is 63.9 Å². The van der Waals surface area contributed by atoms with Gasteiger partial charge in [-0.3, -0.25) is 4.79 Å². The molecule has 25 heavy (non-hydrogen) atoms. The summed E-state index contributed by atoms with van der Waals surface area (Å²) in [7, 11) is 1.96. The van der Waals surface area contributed by atoms with Crippen LogP contribution in [0.25, 0.3) is 11.5 Å². The summed E-state index contributed by atoms with van der Waals surface area (Å²) in [4.78, 5) is 28.5. The van der Waals surface area contributed by atoms with Gasteiger partial charge >= 0.3 is 0 Å². The SMILES string of the molecule is Cc1cc(-c2nccn2C)nc(C2CCCN(C(=O)C(C)(C)C)C2)n1. The van der Waals surface area contributed by atoms with Gasteiger partial charge in [0.1, 0.15) is 11.5 Å². The molecule has 3 rings (SSSR count). The number of aryl methyl sites for hydroxylation is 2. The van der Waals surface area contributed by atoms with Gasteiger partial charge < -0.3 is 9.47 Å². The Morgan fingerprint density at radius 3 is 2.68 bits per heavy atom. The number of hydrogen-bond acceptors (Lipinski definition) is 4. The number of rotatable bonds is 2. The summed E-state index contributed by atoms with van der Waals surface area (Å²) in [5.41, 5.74) is 1.42. The van der Waals surface area contributed by atoms with Crippen LogP contribution in [-0.4, -0.2) is 43.4 Å². The van der Waals surface area contributed by atoms with Crippen molar-refractivity contribution >= 4 is 5.91 Å². The van der Waals surface area contributed by atoms with E-state index in [4.69, 9.17) is 4.98 Å². The molecule has 0 bridgehead atoms. The molecule has 0 aliphatic carbocycles. The highest BCUT2D eigenvalue weighted by Crippen LogP contribution is 2.29. The number of nitrogens with zero attached hydrogens (tertiary/aromatic N) is 5. The molecule has 1 unspecified atom stereocenters. The summed E-state index contributed by atoms with van der Waals surface area (Å²) < 4.78 is 1.96. The lowest BCUT2D eigenvalue weighted by molar-refractivity contribution is -0.140. The third-order valence-corrected chi connectivity index (χ3v) is 4.64. The Balaban J connectivity index is 1.88. The molecular weight excluding hydrogens is 314 g/mol.